The SMILES string of the molecule is CC(C)(C)c1ccc(-c2nnc(SCCNCCO)n2-c2ccccc2)cc1.O=C(O)C(=O)O. The van der Waals surface area contributed by atoms with Crippen LogP contribution in [0, 0.1) is 0 Å². The van der Waals surface area contributed by atoms with Gasteiger partial charge in [0, 0.05) is 30.1 Å². The van der Waals surface area contributed by atoms with Gasteiger partial charge in [-0.05, 0) is 23.1 Å². The van der Waals surface area contributed by atoms with E-state index in [1.165, 1.54) is 5.56 Å². The normalized spacial score (nSPS) is 10.9. The number of aliphatic hydroxyl groups excluding tert-OH is 1. The van der Waals surface area contributed by atoms with Gasteiger partial charge in [-0.25, -0.2) is 9.59 Å². The molecule has 0 saturated heterocycles. The van der Waals surface area contributed by atoms with Crippen molar-refractivity contribution in [3.8, 4) is 17.1 Å². The molecule has 9 nitrogen and oxygen atoms in total. The van der Waals surface area contributed by atoms with E-state index in [1.807, 2.05) is 18.2 Å². The second-order valence-electron chi connectivity index (χ2n) is 8.24. The lowest BCUT2D eigenvalue weighted by Crippen LogP contribution is -2.20. The van der Waals surface area contributed by atoms with Crippen LogP contribution in [-0.2, 0) is 15.0 Å². The lowest BCUT2D eigenvalue weighted by atomic mass is 9.87. The molecule has 4 N–H and O–H groups in total. The summed E-state index contributed by atoms with van der Waals surface area (Å²) in [6, 6.07) is 18.8. The monoisotopic (exact) mass is 486 g/mol. The molecule has 0 aliphatic heterocycles. The van der Waals surface area contributed by atoms with Crippen molar-refractivity contribution in [1.29, 1.82) is 0 Å². The van der Waals surface area contributed by atoms with Crippen LogP contribution in [0.5, 0.6) is 0 Å². The van der Waals surface area contributed by atoms with Crippen LogP contribution in [0.3, 0.4) is 0 Å². The Hall–Kier alpha value is -3.21. The van der Waals surface area contributed by atoms with E-state index >= 15 is 0 Å². The number of nitrogens with zero attached hydrogens (tertiary/aromatic N) is 3. The van der Waals surface area contributed by atoms with E-state index in [2.05, 4.69) is 77.3 Å². The summed E-state index contributed by atoms with van der Waals surface area (Å²) in [5.74, 6) is -1.95. The first kappa shape index (κ1) is 27.0. The highest BCUT2D eigenvalue weighted by Gasteiger charge is 2.18. The molecule has 182 valence electrons. The Labute approximate surface area is 202 Å². The van der Waals surface area contributed by atoms with Crippen LogP contribution in [0.25, 0.3) is 17.1 Å². The zero-order valence-electron chi connectivity index (χ0n) is 19.4. The molecule has 1 aromatic heterocycles. The topological polar surface area (TPSA) is 138 Å². The quantitative estimate of drug-likeness (QED) is 0.215. The second kappa shape index (κ2) is 12.9. The number of hydrogen-bond donors (Lipinski definition) is 4. The number of nitrogens with one attached hydrogen (secondary N) is 1. The molecule has 10 heteroatoms. The maximum absolute atomic E-state index is 9.10. The summed E-state index contributed by atoms with van der Waals surface area (Å²) < 4.78 is 2.11. The van der Waals surface area contributed by atoms with Crippen molar-refractivity contribution in [3.63, 3.8) is 0 Å². The minimum absolute atomic E-state index is 0.119. The third kappa shape index (κ3) is 7.98. The molecule has 2 aromatic carbocycles. The van der Waals surface area contributed by atoms with E-state index in [0.29, 0.717) is 6.54 Å². The van der Waals surface area contributed by atoms with Crippen LogP contribution in [0.4, 0.5) is 0 Å². The number of carboxylic acid groups (broad SMARTS) is 2. The first-order valence-electron chi connectivity index (χ1n) is 10.7. The number of aliphatic carboxylic acids is 2. The summed E-state index contributed by atoms with van der Waals surface area (Å²) in [4.78, 5) is 18.2. The largest absolute Gasteiger partial charge is 0.473 e. The van der Waals surface area contributed by atoms with Crippen LogP contribution in [0.15, 0.2) is 59.8 Å². The lowest BCUT2D eigenvalue weighted by Gasteiger charge is -2.19. The minimum Gasteiger partial charge on any atom is -0.473 e. The van der Waals surface area contributed by atoms with Gasteiger partial charge in [-0.2, -0.15) is 0 Å². The summed E-state index contributed by atoms with van der Waals surface area (Å²) >= 11 is 1.66. The Morgan fingerprint density at radius 1 is 0.941 bits per heavy atom. The first-order valence-corrected chi connectivity index (χ1v) is 11.7. The Morgan fingerprint density at radius 2 is 1.56 bits per heavy atom. The first-order chi connectivity index (χ1) is 16.1. The van der Waals surface area contributed by atoms with Gasteiger partial charge in [-0.1, -0.05) is 75.0 Å². The zero-order chi connectivity index (χ0) is 25.1. The van der Waals surface area contributed by atoms with Crippen molar-refractivity contribution in [2.45, 2.75) is 31.3 Å². The number of rotatable bonds is 8. The van der Waals surface area contributed by atoms with Gasteiger partial charge < -0.3 is 20.6 Å². The average molecular weight is 487 g/mol. The Balaban J connectivity index is 0.000000604. The van der Waals surface area contributed by atoms with Crippen LogP contribution >= 0.6 is 11.8 Å². The van der Waals surface area contributed by atoms with Gasteiger partial charge in [0.05, 0.1) is 6.61 Å². The zero-order valence-corrected chi connectivity index (χ0v) is 20.2. The van der Waals surface area contributed by atoms with Crippen LogP contribution in [-0.4, -0.2) is 67.5 Å². The van der Waals surface area contributed by atoms with Crippen molar-refractivity contribution < 1.29 is 24.9 Å². The van der Waals surface area contributed by atoms with Crippen LogP contribution in [0.1, 0.15) is 26.3 Å². The van der Waals surface area contributed by atoms with Crippen molar-refractivity contribution in [3.05, 3.63) is 60.2 Å². The fourth-order valence-electron chi connectivity index (χ4n) is 2.90. The Bertz CT molecular complexity index is 1050. The number of thioether (sulfide) groups is 1. The molecule has 0 unspecified atom stereocenters. The number of carbonyl (C=O) groups is 2. The number of benzene rings is 2. The molecule has 3 rings (SSSR count). The van der Waals surface area contributed by atoms with Crippen LogP contribution in [0.2, 0.25) is 0 Å². The lowest BCUT2D eigenvalue weighted by molar-refractivity contribution is -0.159. The van der Waals surface area contributed by atoms with Gasteiger partial charge in [0.15, 0.2) is 11.0 Å². The molecule has 0 spiro atoms. The standard InChI is InChI=1S/C22H28N4OS.C2H2O4/c1-22(2,3)18-11-9-17(10-12-18)20-24-25-21(28-16-14-23-13-15-27)26(20)19-7-5-4-6-8-19;3-1(4)2(5)6/h4-12,23,27H,13-16H2,1-3H3;(H,3,4)(H,5,6). The summed E-state index contributed by atoms with van der Waals surface area (Å²) in [6.45, 7) is 8.22. The third-order valence-electron chi connectivity index (χ3n) is 4.64. The van der Waals surface area contributed by atoms with E-state index in [9.17, 15) is 0 Å². The maximum Gasteiger partial charge on any atom is 0.414 e. The number of para-hydroxylation sites is 1. The number of carboxylic acids is 2. The number of hydrogen-bond acceptors (Lipinski definition) is 7. The molecule has 0 saturated carbocycles. The molecule has 1 heterocycles. The van der Waals surface area contributed by atoms with Crippen molar-refractivity contribution in [2.24, 2.45) is 0 Å². The van der Waals surface area contributed by atoms with E-state index < -0.39 is 11.9 Å². The van der Waals surface area contributed by atoms with E-state index in [-0.39, 0.29) is 12.0 Å². The molecular formula is C24H30N4O5S. The Morgan fingerprint density at radius 3 is 2.09 bits per heavy atom. The van der Waals surface area contributed by atoms with Crippen molar-refractivity contribution in [1.82, 2.24) is 20.1 Å². The van der Waals surface area contributed by atoms with Crippen molar-refractivity contribution >= 4 is 23.7 Å². The van der Waals surface area contributed by atoms with E-state index in [1.54, 1.807) is 11.8 Å². The fraction of sp³-hybridized carbons (Fsp3) is 0.333. The molecule has 0 radical (unpaired) electrons. The summed E-state index contributed by atoms with van der Waals surface area (Å²) in [7, 11) is 0. The fourth-order valence-corrected chi connectivity index (χ4v) is 3.75. The number of aliphatic hydroxyl groups is 1. The molecule has 0 fully saturated rings. The van der Waals surface area contributed by atoms with Gasteiger partial charge in [0.2, 0.25) is 0 Å². The molecule has 0 aliphatic rings. The van der Waals surface area contributed by atoms with Gasteiger partial charge in [0.25, 0.3) is 0 Å². The van der Waals surface area contributed by atoms with E-state index in [0.717, 1.165) is 34.5 Å². The average Bonchev–Trinajstić information content (AvgIpc) is 3.23. The molecule has 0 aliphatic carbocycles. The summed E-state index contributed by atoms with van der Waals surface area (Å²) in [6.07, 6.45) is 0. The van der Waals surface area contributed by atoms with Crippen molar-refractivity contribution in [2.75, 3.05) is 25.4 Å². The smallest absolute Gasteiger partial charge is 0.414 e. The maximum atomic E-state index is 9.10. The van der Waals surface area contributed by atoms with Gasteiger partial charge in [-0.15, -0.1) is 10.2 Å². The predicted octanol–water partition coefficient (Wildman–Crippen LogP) is 3.06. The highest BCUT2D eigenvalue weighted by molar-refractivity contribution is 7.99. The Kier molecular flexibility index (Phi) is 10.2. The summed E-state index contributed by atoms with van der Waals surface area (Å²) in [5, 5.41) is 36.7. The second-order valence-corrected chi connectivity index (χ2v) is 9.30. The molecule has 0 amide bonds. The van der Waals surface area contributed by atoms with Gasteiger partial charge >= 0.3 is 11.9 Å². The predicted molar refractivity (Wildman–Crippen MR) is 131 cm³/mol. The molecule has 34 heavy (non-hydrogen) atoms. The molecule has 3 aromatic rings. The summed E-state index contributed by atoms with van der Waals surface area (Å²) in [5.41, 5.74) is 3.52. The van der Waals surface area contributed by atoms with Gasteiger partial charge in [-0.3, -0.25) is 4.57 Å². The highest BCUT2D eigenvalue weighted by Crippen LogP contribution is 2.30. The number of aromatic nitrogens is 3. The van der Waals surface area contributed by atoms with Gasteiger partial charge in [0.1, 0.15) is 0 Å². The molecular weight excluding hydrogens is 456 g/mol. The molecule has 0 bridgehead atoms. The third-order valence-corrected chi connectivity index (χ3v) is 5.57. The highest BCUT2D eigenvalue weighted by atomic mass is 32.2. The minimum atomic E-state index is -1.82. The molecule has 0 atom stereocenters. The van der Waals surface area contributed by atoms with E-state index in [4.69, 9.17) is 24.9 Å². The van der Waals surface area contributed by atoms with Crippen LogP contribution < -0.4 is 5.32 Å².